The number of thioether (sulfide) groups is 1. The SMILES string of the molecule is O=C(CSc1ccccc1F)Nc1cc([N+](=O)[O-])ccc1F. The van der Waals surface area contributed by atoms with Crippen molar-refractivity contribution in [2.45, 2.75) is 4.90 Å². The van der Waals surface area contributed by atoms with Crippen LogP contribution in [-0.4, -0.2) is 16.6 Å². The topological polar surface area (TPSA) is 72.2 Å². The van der Waals surface area contributed by atoms with Crippen LogP contribution >= 0.6 is 11.8 Å². The Morgan fingerprint density at radius 2 is 1.91 bits per heavy atom. The van der Waals surface area contributed by atoms with Crippen molar-refractivity contribution in [3.63, 3.8) is 0 Å². The van der Waals surface area contributed by atoms with Gasteiger partial charge in [-0.25, -0.2) is 8.78 Å². The number of nitrogens with one attached hydrogen (secondary N) is 1. The van der Waals surface area contributed by atoms with Crippen molar-refractivity contribution in [1.29, 1.82) is 0 Å². The molecule has 0 heterocycles. The van der Waals surface area contributed by atoms with Gasteiger partial charge in [0.25, 0.3) is 5.69 Å². The largest absolute Gasteiger partial charge is 0.323 e. The van der Waals surface area contributed by atoms with E-state index >= 15 is 0 Å². The molecule has 0 fully saturated rings. The summed E-state index contributed by atoms with van der Waals surface area (Å²) >= 11 is 0.947. The Morgan fingerprint density at radius 1 is 1.18 bits per heavy atom. The first-order valence-corrected chi connectivity index (χ1v) is 7.07. The van der Waals surface area contributed by atoms with Crippen LogP contribution in [0.15, 0.2) is 47.4 Å². The van der Waals surface area contributed by atoms with E-state index in [1.807, 2.05) is 0 Å². The van der Waals surface area contributed by atoms with Crippen LogP contribution in [0.25, 0.3) is 0 Å². The maximum absolute atomic E-state index is 13.5. The summed E-state index contributed by atoms with van der Waals surface area (Å²) in [5.41, 5.74) is -0.619. The van der Waals surface area contributed by atoms with Gasteiger partial charge in [0.15, 0.2) is 0 Å². The molecule has 1 amide bonds. The monoisotopic (exact) mass is 324 g/mol. The average Bonchev–Trinajstić information content (AvgIpc) is 2.48. The van der Waals surface area contributed by atoms with Gasteiger partial charge in [-0.1, -0.05) is 12.1 Å². The second-order valence-electron chi connectivity index (χ2n) is 4.19. The lowest BCUT2D eigenvalue weighted by atomic mass is 10.2. The van der Waals surface area contributed by atoms with Gasteiger partial charge in [0, 0.05) is 17.0 Å². The molecule has 8 heteroatoms. The van der Waals surface area contributed by atoms with E-state index in [-0.39, 0.29) is 22.0 Å². The van der Waals surface area contributed by atoms with Crippen LogP contribution in [-0.2, 0) is 4.79 Å². The molecule has 0 saturated heterocycles. The minimum Gasteiger partial charge on any atom is -0.323 e. The zero-order valence-electron chi connectivity index (χ0n) is 11.1. The summed E-state index contributed by atoms with van der Waals surface area (Å²) in [4.78, 5) is 22.0. The summed E-state index contributed by atoms with van der Waals surface area (Å²) in [7, 11) is 0. The van der Waals surface area contributed by atoms with E-state index < -0.39 is 22.5 Å². The summed E-state index contributed by atoms with van der Waals surface area (Å²) in [6, 6.07) is 8.76. The Kier molecular flexibility index (Phi) is 5.05. The summed E-state index contributed by atoms with van der Waals surface area (Å²) < 4.78 is 26.9. The molecule has 0 aliphatic carbocycles. The van der Waals surface area contributed by atoms with Crippen LogP contribution in [0.4, 0.5) is 20.2 Å². The quantitative estimate of drug-likeness (QED) is 0.518. The summed E-state index contributed by atoms with van der Waals surface area (Å²) in [6.45, 7) is 0. The van der Waals surface area contributed by atoms with Gasteiger partial charge in [0.1, 0.15) is 11.6 Å². The van der Waals surface area contributed by atoms with E-state index in [0.29, 0.717) is 0 Å². The zero-order chi connectivity index (χ0) is 16.1. The highest BCUT2D eigenvalue weighted by Crippen LogP contribution is 2.23. The molecule has 2 rings (SSSR count). The van der Waals surface area contributed by atoms with Crippen LogP contribution in [0.3, 0.4) is 0 Å². The molecule has 0 spiro atoms. The molecule has 0 aliphatic heterocycles. The lowest BCUT2D eigenvalue weighted by Crippen LogP contribution is -2.15. The first kappa shape index (κ1) is 15.9. The fraction of sp³-hybridized carbons (Fsp3) is 0.0714. The van der Waals surface area contributed by atoms with Crippen molar-refractivity contribution in [1.82, 2.24) is 0 Å². The van der Waals surface area contributed by atoms with Crippen molar-refractivity contribution in [2.75, 3.05) is 11.1 Å². The number of benzene rings is 2. The number of rotatable bonds is 5. The smallest absolute Gasteiger partial charge is 0.271 e. The van der Waals surface area contributed by atoms with Crippen LogP contribution in [0, 0.1) is 21.7 Å². The van der Waals surface area contributed by atoms with Crippen molar-refractivity contribution < 1.29 is 18.5 Å². The highest BCUT2D eigenvalue weighted by atomic mass is 32.2. The molecule has 0 atom stereocenters. The highest BCUT2D eigenvalue weighted by molar-refractivity contribution is 8.00. The van der Waals surface area contributed by atoms with E-state index in [9.17, 15) is 23.7 Å². The van der Waals surface area contributed by atoms with Gasteiger partial charge in [-0.15, -0.1) is 11.8 Å². The van der Waals surface area contributed by atoms with Gasteiger partial charge < -0.3 is 5.32 Å². The van der Waals surface area contributed by atoms with Crippen molar-refractivity contribution in [3.05, 3.63) is 64.2 Å². The van der Waals surface area contributed by atoms with E-state index in [1.54, 1.807) is 6.07 Å². The minimum absolute atomic E-state index is 0.150. The standard InChI is InChI=1S/C14H10F2N2O3S/c15-10-6-5-9(18(20)21)7-12(10)17-14(19)8-22-13-4-2-1-3-11(13)16/h1-7H,8H2,(H,17,19). The molecule has 22 heavy (non-hydrogen) atoms. The number of hydrogen-bond acceptors (Lipinski definition) is 4. The predicted octanol–water partition coefficient (Wildman–Crippen LogP) is 3.60. The zero-order valence-corrected chi connectivity index (χ0v) is 11.9. The van der Waals surface area contributed by atoms with Gasteiger partial charge >= 0.3 is 0 Å². The Balaban J connectivity index is 2.02. The van der Waals surface area contributed by atoms with E-state index in [4.69, 9.17) is 0 Å². The third-order valence-electron chi connectivity index (χ3n) is 2.63. The number of halogens is 2. The van der Waals surface area contributed by atoms with E-state index in [0.717, 1.165) is 30.0 Å². The fourth-order valence-electron chi connectivity index (χ4n) is 1.61. The number of non-ortho nitro benzene ring substituents is 1. The van der Waals surface area contributed by atoms with Crippen LogP contribution < -0.4 is 5.32 Å². The Morgan fingerprint density at radius 3 is 2.59 bits per heavy atom. The maximum Gasteiger partial charge on any atom is 0.271 e. The predicted molar refractivity (Wildman–Crippen MR) is 78.8 cm³/mol. The summed E-state index contributed by atoms with van der Waals surface area (Å²) in [5, 5.41) is 12.9. The Hall–Kier alpha value is -2.48. The minimum atomic E-state index is -0.783. The van der Waals surface area contributed by atoms with E-state index in [1.165, 1.54) is 18.2 Å². The first-order valence-electron chi connectivity index (χ1n) is 6.08. The second-order valence-corrected chi connectivity index (χ2v) is 5.21. The Bertz CT molecular complexity index is 725. The summed E-state index contributed by atoms with van der Waals surface area (Å²) in [6.07, 6.45) is 0. The molecule has 0 aromatic heterocycles. The van der Waals surface area contributed by atoms with Crippen molar-refractivity contribution in [2.24, 2.45) is 0 Å². The molecule has 1 N–H and O–H groups in total. The first-order chi connectivity index (χ1) is 10.5. The molecule has 5 nitrogen and oxygen atoms in total. The number of anilines is 1. The lowest BCUT2D eigenvalue weighted by molar-refractivity contribution is -0.384. The van der Waals surface area contributed by atoms with Gasteiger partial charge in [0.05, 0.1) is 16.4 Å². The lowest BCUT2D eigenvalue weighted by Gasteiger charge is -2.06. The number of nitrogens with zero attached hydrogens (tertiary/aromatic N) is 1. The van der Waals surface area contributed by atoms with Crippen molar-refractivity contribution in [3.8, 4) is 0 Å². The molecule has 0 aliphatic rings. The van der Waals surface area contributed by atoms with Gasteiger partial charge in [-0.3, -0.25) is 14.9 Å². The number of nitro benzene ring substituents is 1. The molecule has 0 saturated carbocycles. The molecule has 2 aromatic rings. The average molecular weight is 324 g/mol. The van der Waals surface area contributed by atoms with Crippen LogP contribution in [0.2, 0.25) is 0 Å². The van der Waals surface area contributed by atoms with Gasteiger partial charge in [-0.2, -0.15) is 0 Å². The van der Waals surface area contributed by atoms with Gasteiger partial charge in [0.2, 0.25) is 5.91 Å². The number of carbonyl (C=O) groups excluding carboxylic acids is 1. The summed E-state index contributed by atoms with van der Waals surface area (Å²) in [5.74, 6) is -1.98. The van der Waals surface area contributed by atoms with E-state index in [2.05, 4.69) is 5.32 Å². The second kappa shape index (κ2) is 6.99. The number of amides is 1. The fourth-order valence-corrected chi connectivity index (χ4v) is 2.35. The van der Waals surface area contributed by atoms with Gasteiger partial charge in [-0.05, 0) is 18.2 Å². The molecule has 0 radical (unpaired) electrons. The molecule has 114 valence electrons. The van der Waals surface area contributed by atoms with Crippen LogP contribution in [0.5, 0.6) is 0 Å². The number of hydrogen-bond donors (Lipinski definition) is 1. The Labute approximate surface area is 128 Å². The maximum atomic E-state index is 13.5. The molecule has 0 unspecified atom stereocenters. The molecular formula is C14H10F2N2O3S. The highest BCUT2D eigenvalue weighted by Gasteiger charge is 2.13. The molecule has 2 aromatic carbocycles. The number of carbonyl (C=O) groups is 1. The number of nitro groups is 1. The third kappa shape index (κ3) is 4.01. The normalized spacial score (nSPS) is 10.3. The van der Waals surface area contributed by atoms with Crippen LogP contribution in [0.1, 0.15) is 0 Å². The molecule has 0 bridgehead atoms. The molecular weight excluding hydrogens is 314 g/mol. The third-order valence-corrected chi connectivity index (χ3v) is 3.68. The van der Waals surface area contributed by atoms with Crippen molar-refractivity contribution >= 4 is 29.0 Å².